The summed E-state index contributed by atoms with van der Waals surface area (Å²) in [4.78, 5) is 49.6. The number of fused-ring (bicyclic) bond motifs is 4. The van der Waals surface area contributed by atoms with Crippen molar-refractivity contribution in [1.29, 1.82) is 0 Å². The molecule has 1 aromatic heterocycles. The van der Waals surface area contributed by atoms with Crippen molar-refractivity contribution < 1.29 is 32.3 Å². The summed E-state index contributed by atoms with van der Waals surface area (Å²) in [6.07, 6.45) is -0.825. The molecular weight excluding hydrogens is 715 g/mol. The van der Waals surface area contributed by atoms with Crippen molar-refractivity contribution in [2.24, 2.45) is 10.7 Å². The first-order valence-electron chi connectivity index (χ1n) is 17.1. The minimum absolute atomic E-state index is 0.00905. The normalized spacial score (nSPS) is 13.1. The molecular formula is C38H39N7O8S. The van der Waals surface area contributed by atoms with Gasteiger partial charge in [0.1, 0.15) is 23.9 Å². The van der Waals surface area contributed by atoms with Crippen LogP contribution >= 0.6 is 0 Å². The number of benzene rings is 4. The SMILES string of the molecule is COc1cc(C)c(S(=O)(=O)NC(N)=NCCC[C@@H](NC(=O)OCC2c3ccccc3-c3ccccc32)C(=O)On2nnc3ccccc3c2=O)c(C)c1C. The van der Waals surface area contributed by atoms with Crippen molar-refractivity contribution in [3.05, 3.63) is 117 Å². The van der Waals surface area contributed by atoms with Gasteiger partial charge >= 0.3 is 17.6 Å². The van der Waals surface area contributed by atoms with Crippen LogP contribution in [0.1, 0.15) is 46.6 Å². The third-order valence-corrected chi connectivity index (χ3v) is 10.9. The number of amides is 1. The zero-order valence-corrected chi connectivity index (χ0v) is 30.8. The minimum atomic E-state index is -4.11. The first-order chi connectivity index (χ1) is 25.9. The molecule has 1 aliphatic rings. The zero-order valence-electron chi connectivity index (χ0n) is 30.0. The molecule has 16 heteroatoms. The molecule has 1 heterocycles. The number of sulfonamides is 1. The molecule has 280 valence electrons. The number of rotatable bonds is 12. The van der Waals surface area contributed by atoms with Gasteiger partial charge in [-0.25, -0.2) is 22.7 Å². The van der Waals surface area contributed by atoms with Gasteiger partial charge in [-0.15, -0.1) is 5.10 Å². The number of hydrogen-bond donors (Lipinski definition) is 3. The summed E-state index contributed by atoms with van der Waals surface area (Å²) < 4.78 is 39.9. The summed E-state index contributed by atoms with van der Waals surface area (Å²) in [6.45, 7) is 5.03. The summed E-state index contributed by atoms with van der Waals surface area (Å²) in [7, 11) is -2.60. The number of carbonyl (C=O) groups excluding carboxylic acids is 2. The second-order valence-electron chi connectivity index (χ2n) is 12.7. The number of methoxy groups -OCH3 is 1. The molecule has 0 saturated heterocycles. The Hall–Kier alpha value is -6.29. The van der Waals surface area contributed by atoms with E-state index < -0.39 is 33.7 Å². The van der Waals surface area contributed by atoms with E-state index in [-0.39, 0.29) is 48.2 Å². The van der Waals surface area contributed by atoms with Gasteiger partial charge in [0.25, 0.3) is 10.0 Å². The smallest absolute Gasteiger partial charge is 0.407 e. The van der Waals surface area contributed by atoms with Crippen LogP contribution in [0.2, 0.25) is 0 Å². The number of alkyl carbamates (subject to hydrolysis) is 1. The van der Waals surface area contributed by atoms with E-state index in [2.05, 4.69) is 25.3 Å². The Labute approximate surface area is 311 Å². The Morgan fingerprint density at radius 2 is 1.61 bits per heavy atom. The molecule has 0 bridgehead atoms. The second kappa shape index (κ2) is 15.8. The molecule has 0 fully saturated rings. The largest absolute Gasteiger partial charge is 0.496 e. The first kappa shape index (κ1) is 37.5. The summed E-state index contributed by atoms with van der Waals surface area (Å²) in [6, 6.07) is 22.4. The molecule has 0 spiro atoms. The molecule has 6 rings (SSSR count). The summed E-state index contributed by atoms with van der Waals surface area (Å²) in [5.41, 5.74) is 11.3. The van der Waals surface area contributed by atoms with Gasteiger partial charge in [0.05, 0.1) is 17.4 Å². The highest BCUT2D eigenvalue weighted by atomic mass is 32.2. The molecule has 1 aliphatic carbocycles. The molecule has 54 heavy (non-hydrogen) atoms. The highest BCUT2D eigenvalue weighted by molar-refractivity contribution is 7.90. The summed E-state index contributed by atoms with van der Waals surface area (Å²) in [5.74, 6) is -1.06. The zero-order chi connectivity index (χ0) is 38.6. The van der Waals surface area contributed by atoms with Crippen molar-refractivity contribution >= 4 is 38.9 Å². The lowest BCUT2D eigenvalue weighted by Gasteiger charge is -2.19. The molecule has 4 N–H and O–H groups in total. The quantitative estimate of drug-likeness (QED) is 0.0726. The van der Waals surface area contributed by atoms with Gasteiger partial charge in [-0.3, -0.25) is 9.79 Å². The maximum atomic E-state index is 13.5. The van der Waals surface area contributed by atoms with E-state index in [1.54, 1.807) is 45.0 Å². The Morgan fingerprint density at radius 1 is 0.963 bits per heavy atom. The Bertz CT molecular complexity index is 2400. The van der Waals surface area contributed by atoms with Gasteiger partial charge in [0, 0.05) is 12.5 Å². The van der Waals surface area contributed by atoms with E-state index in [4.69, 9.17) is 20.0 Å². The van der Waals surface area contributed by atoms with Gasteiger partial charge in [-0.1, -0.05) is 60.7 Å². The number of aryl methyl sites for hydroxylation is 1. The monoisotopic (exact) mass is 753 g/mol. The van der Waals surface area contributed by atoms with Crippen molar-refractivity contribution in [1.82, 2.24) is 25.2 Å². The van der Waals surface area contributed by atoms with Gasteiger partial charge in [-0.05, 0) is 101 Å². The Kier molecular flexibility index (Phi) is 10.9. The highest BCUT2D eigenvalue weighted by Crippen LogP contribution is 2.44. The number of nitrogens with two attached hydrogens (primary N) is 1. The second-order valence-corrected chi connectivity index (χ2v) is 14.3. The fourth-order valence-electron chi connectivity index (χ4n) is 6.58. The fourth-order valence-corrected chi connectivity index (χ4v) is 8.06. The first-order valence-corrected chi connectivity index (χ1v) is 18.5. The molecule has 0 saturated carbocycles. The van der Waals surface area contributed by atoms with Crippen LogP contribution in [0.3, 0.4) is 0 Å². The predicted octanol–water partition coefficient (Wildman–Crippen LogP) is 3.66. The number of nitrogens with zero attached hydrogens (tertiary/aromatic N) is 4. The number of nitrogens with one attached hydrogen (secondary N) is 2. The van der Waals surface area contributed by atoms with Crippen molar-refractivity contribution in [3.63, 3.8) is 0 Å². The molecule has 5 aromatic rings. The maximum Gasteiger partial charge on any atom is 0.407 e. The van der Waals surface area contributed by atoms with Gasteiger partial charge in [0.15, 0.2) is 0 Å². The van der Waals surface area contributed by atoms with Crippen molar-refractivity contribution in [2.45, 2.75) is 50.5 Å². The average molecular weight is 754 g/mol. The van der Waals surface area contributed by atoms with Crippen LogP contribution in [-0.4, -0.2) is 67.9 Å². The standard InChI is InChI=1S/C38H39N7O8S/c1-22-20-33(51-4)23(2)24(3)34(22)54(49,50)43-37(39)40-19-11-18-32(36(47)53-45-35(46)29-16-9-10-17-31(29)42-44-45)41-38(48)52-21-30-27-14-7-5-12-25(27)26-13-6-8-15-28(26)30/h5-10,12-17,20,30,32H,11,18-19,21H2,1-4H3,(H,41,48)(H3,39,40,43)/t32-/m1/s1. The maximum absolute atomic E-state index is 13.5. The summed E-state index contributed by atoms with van der Waals surface area (Å²) in [5, 5.41) is 10.3. The number of aliphatic imine (C=N–C) groups is 1. The van der Waals surface area contributed by atoms with E-state index in [1.807, 2.05) is 48.5 Å². The van der Waals surface area contributed by atoms with Crippen LogP contribution in [0.25, 0.3) is 22.0 Å². The Morgan fingerprint density at radius 3 is 2.30 bits per heavy atom. The van der Waals surface area contributed by atoms with Crippen LogP contribution in [-0.2, 0) is 19.6 Å². The van der Waals surface area contributed by atoms with E-state index in [9.17, 15) is 22.8 Å². The van der Waals surface area contributed by atoms with E-state index in [0.717, 1.165) is 22.3 Å². The number of ether oxygens (including phenoxy) is 2. The molecule has 0 aliphatic heterocycles. The summed E-state index contributed by atoms with van der Waals surface area (Å²) >= 11 is 0. The third-order valence-electron chi connectivity index (χ3n) is 9.28. The lowest BCUT2D eigenvalue weighted by molar-refractivity contribution is -0.149. The van der Waals surface area contributed by atoms with Crippen LogP contribution in [0.5, 0.6) is 5.75 Å². The highest BCUT2D eigenvalue weighted by Gasteiger charge is 2.31. The van der Waals surface area contributed by atoms with E-state index in [1.165, 1.54) is 13.2 Å². The predicted molar refractivity (Wildman–Crippen MR) is 201 cm³/mol. The van der Waals surface area contributed by atoms with Crippen LogP contribution in [0.4, 0.5) is 4.79 Å². The molecule has 0 radical (unpaired) electrons. The number of hydrogen-bond acceptors (Lipinski definition) is 11. The Balaban J connectivity index is 1.15. The van der Waals surface area contributed by atoms with Crippen LogP contribution in [0, 0.1) is 20.8 Å². The molecule has 1 amide bonds. The van der Waals surface area contributed by atoms with Gasteiger partial charge in [-0.2, -0.15) is 0 Å². The minimum Gasteiger partial charge on any atom is -0.496 e. The fraction of sp³-hybridized carbons (Fsp3) is 0.263. The van der Waals surface area contributed by atoms with E-state index >= 15 is 0 Å². The lowest BCUT2D eigenvalue weighted by Crippen LogP contribution is -2.47. The molecule has 15 nitrogen and oxygen atoms in total. The van der Waals surface area contributed by atoms with Crippen LogP contribution < -0.4 is 30.9 Å². The number of carbonyl (C=O) groups is 2. The van der Waals surface area contributed by atoms with Crippen molar-refractivity contribution in [2.75, 3.05) is 20.3 Å². The molecule has 0 unspecified atom stereocenters. The van der Waals surface area contributed by atoms with Crippen molar-refractivity contribution in [3.8, 4) is 16.9 Å². The average Bonchev–Trinajstić information content (AvgIpc) is 3.47. The van der Waals surface area contributed by atoms with Gasteiger partial charge in [0.2, 0.25) is 5.96 Å². The van der Waals surface area contributed by atoms with Crippen LogP contribution in [0.15, 0.2) is 93.5 Å². The third kappa shape index (κ3) is 7.73. The van der Waals surface area contributed by atoms with E-state index in [0.29, 0.717) is 32.8 Å². The lowest BCUT2D eigenvalue weighted by atomic mass is 9.98. The molecule has 1 atom stereocenters. The number of aromatic nitrogens is 3. The van der Waals surface area contributed by atoms with Gasteiger partial charge < -0.3 is 25.4 Å². The topological polar surface area (TPSA) is 206 Å². The number of guanidine groups is 1. The molecule has 4 aromatic carbocycles.